The van der Waals surface area contributed by atoms with E-state index in [0.717, 1.165) is 0 Å². The van der Waals surface area contributed by atoms with Gasteiger partial charge < -0.3 is 19.7 Å². The van der Waals surface area contributed by atoms with Gasteiger partial charge in [-0.1, -0.05) is 25.9 Å². The fourth-order valence-corrected chi connectivity index (χ4v) is 1.84. The molecule has 6 heteroatoms. The number of nitrogens with zero attached hydrogens (tertiary/aromatic N) is 2. The number of hydrogen-bond donors (Lipinski definition) is 2. The van der Waals surface area contributed by atoms with Crippen LogP contribution in [0.15, 0.2) is 4.52 Å². The zero-order valence-corrected chi connectivity index (χ0v) is 12.3. The standard InChI is InChI=1S/C13H25N3O3/c1-13(2,3)10(5-7-17)14-9-12-15-11(16-19-12)6-8-18-4/h10,14,17H,5-9H2,1-4H3. The van der Waals surface area contributed by atoms with Gasteiger partial charge in [0, 0.05) is 26.2 Å². The maximum atomic E-state index is 9.09. The van der Waals surface area contributed by atoms with E-state index in [1.54, 1.807) is 7.11 Å². The van der Waals surface area contributed by atoms with Crippen LogP contribution in [0.3, 0.4) is 0 Å². The molecule has 0 fully saturated rings. The molecule has 0 amide bonds. The number of hydrogen-bond acceptors (Lipinski definition) is 6. The first-order valence-corrected chi connectivity index (χ1v) is 6.62. The van der Waals surface area contributed by atoms with Gasteiger partial charge in [0.2, 0.25) is 5.89 Å². The average molecular weight is 271 g/mol. The third-order valence-corrected chi connectivity index (χ3v) is 3.00. The minimum absolute atomic E-state index is 0.0711. The smallest absolute Gasteiger partial charge is 0.240 e. The molecule has 1 atom stereocenters. The molecule has 0 spiro atoms. The van der Waals surface area contributed by atoms with Crippen molar-refractivity contribution >= 4 is 0 Å². The molecular weight excluding hydrogens is 246 g/mol. The molecule has 1 rings (SSSR count). The lowest BCUT2D eigenvalue weighted by Gasteiger charge is -2.30. The van der Waals surface area contributed by atoms with E-state index >= 15 is 0 Å². The molecule has 0 aliphatic carbocycles. The fourth-order valence-electron chi connectivity index (χ4n) is 1.84. The lowest BCUT2D eigenvalue weighted by Crippen LogP contribution is -2.40. The van der Waals surface area contributed by atoms with Gasteiger partial charge in [0.25, 0.3) is 0 Å². The maximum absolute atomic E-state index is 9.09. The average Bonchev–Trinajstić information content (AvgIpc) is 2.78. The Morgan fingerprint density at radius 3 is 2.74 bits per heavy atom. The van der Waals surface area contributed by atoms with E-state index in [4.69, 9.17) is 14.4 Å². The van der Waals surface area contributed by atoms with Crippen LogP contribution in [0.1, 0.15) is 38.9 Å². The summed E-state index contributed by atoms with van der Waals surface area (Å²) in [4.78, 5) is 4.28. The van der Waals surface area contributed by atoms with Crippen molar-refractivity contribution in [3.05, 3.63) is 11.7 Å². The second-order valence-electron chi connectivity index (χ2n) is 5.66. The largest absolute Gasteiger partial charge is 0.396 e. The normalized spacial score (nSPS) is 13.7. The minimum atomic E-state index is 0.0711. The maximum Gasteiger partial charge on any atom is 0.240 e. The number of aliphatic hydroxyl groups excluding tert-OH is 1. The summed E-state index contributed by atoms with van der Waals surface area (Å²) in [6.07, 6.45) is 1.35. The summed E-state index contributed by atoms with van der Waals surface area (Å²) in [5, 5.41) is 16.3. The summed E-state index contributed by atoms with van der Waals surface area (Å²) in [7, 11) is 1.64. The van der Waals surface area contributed by atoms with Crippen molar-refractivity contribution in [3.8, 4) is 0 Å². The van der Waals surface area contributed by atoms with Gasteiger partial charge in [-0.15, -0.1) is 0 Å². The van der Waals surface area contributed by atoms with Crippen LogP contribution in [0.25, 0.3) is 0 Å². The van der Waals surface area contributed by atoms with Crippen molar-refractivity contribution in [1.82, 2.24) is 15.5 Å². The second kappa shape index (κ2) is 7.57. The molecule has 110 valence electrons. The molecular formula is C13H25N3O3. The van der Waals surface area contributed by atoms with Gasteiger partial charge in [-0.3, -0.25) is 0 Å². The van der Waals surface area contributed by atoms with Gasteiger partial charge in [0.15, 0.2) is 5.82 Å². The van der Waals surface area contributed by atoms with Crippen molar-refractivity contribution in [3.63, 3.8) is 0 Å². The molecule has 0 bridgehead atoms. The highest BCUT2D eigenvalue weighted by molar-refractivity contribution is 4.88. The molecule has 0 saturated heterocycles. The van der Waals surface area contributed by atoms with Crippen LogP contribution in [0.2, 0.25) is 0 Å². The van der Waals surface area contributed by atoms with Crippen molar-refractivity contribution in [2.45, 2.75) is 46.2 Å². The Labute approximate surface area is 114 Å². The van der Waals surface area contributed by atoms with Crippen LogP contribution >= 0.6 is 0 Å². The highest BCUT2D eigenvalue weighted by Crippen LogP contribution is 2.21. The van der Waals surface area contributed by atoms with Crippen LogP contribution in [0.4, 0.5) is 0 Å². The van der Waals surface area contributed by atoms with Gasteiger partial charge in [0.05, 0.1) is 13.2 Å². The molecule has 1 aromatic heterocycles. The van der Waals surface area contributed by atoms with E-state index in [0.29, 0.717) is 37.7 Å². The third-order valence-electron chi connectivity index (χ3n) is 3.00. The number of aromatic nitrogens is 2. The van der Waals surface area contributed by atoms with Crippen LogP contribution in [0.5, 0.6) is 0 Å². The molecule has 0 aliphatic rings. The summed E-state index contributed by atoms with van der Waals surface area (Å²) in [6, 6.07) is 0.201. The Kier molecular flexibility index (Phi) is 6.41. The Bertz CT molecular complexity index is 360. The molecule has 1 unspecified atom stereocenters. The van der Waals surface area contributed by atoms with E-state index in [1.807, 2.05) is 0 Å². The monoisotopic (exact) mass is 271 g/mol. The van der Waals surface area contributed by atoms with E-state index in [1.165, 1.54) is 0 Å². The Balaban J connectivity index is 2.47. The summed E-state index contributed by atoms with van der Waals surface area (Å²) in [5.41, 5.74) is 0.0711. The number of aliphatic hydroxyl groups is 1. The first-order chi connectivity index (χ1) is 8.97. The highest BCUT2D eigenvalue weighted by atomic mass is 16.5. The zero-order chi connectivity index (χ0) is 14.3. The molecule has 19 heavy (non-hydrogen) atoms. The number of nitrogens with one attached hydrogen (secondary N) is 1. The van der Waals surface area contributed by atoms with E-state index in [2.05, 4.69) is 36.2 Å². The van der Waals surface area contributed by atoms with Gasteiger partial charge in [-0.2, -0.15) is 4.98 Å². The summed E-state index contributed by atoms with van der Waals surface area (Å²) in [6.45, 7) is 7.68. The summed E-state index contributed by atoms with van der Waals surface area (Å²) >= 11 is 0. The molecule has 0 aromatic carbocycles. The van der Waals surface area contributed by atoms with E-state index in [9.17, 15) is 0 Å². The minimum Gasteiger partial charge on any atom is -0.396 e. The SMILES string of the molecule is COCCc1noc(CNC(CCO)C(C)(C)C)n1. The van der Waals surface area contributed by atoms with Crippen LogP contribution < -0.4 is 5.32 Å². The van der Waals surface area contributed by atoms with Gasteiger partial charge in [-0.25, -0.2) is 0 Å². The predicted molar refractivity (Wildman–Crippen MR) is 71.7 cm³/mol. The first kappa shape index (κ1) is 16.1. The molecule has 0 saturated carbocycles. The predicted octanol–water partition coefficient (Wildman–Crippen LogP) is 1.15. The van der Waals surface area contributed by atoms with Crippen molar-refractivity contribution in [2.75, 3.05) is 20.3 Å². The number of ether oxygens (including phenoxy) is 1. The van der Waals surface area contributed by atoms with Gasteiger partial charge in [0.1, 0.15) is 0 Å². The second-order valence-corrected chi connectivity index (χ2v) is 5.66. The Hall–Kier alpha value is -0.980. The quantitative estimate of drug-likeness (QED) is 0.738. The topological polar surface area (TPSA) is 80.4 Å². The molecule has 0 aliphatic heterocycles. The van der Waals surface area contributed by atoms with Crippen molar-refractivity contribution in [2.24, 2.45) is 5.41 Å². The van der Waals surface area contributed by atoms with Crippen molar-refractivity contribution in [1.29, 1.82) is 0 Å². The van der Waals surface area contributed by atoms with Gasteiger partial charge in [-0.05, 0) is 11.8 Å². The van der Waals surface area contributed by atoms with Crippen LogP contribution in [0, 0.1) is 5.41 Å². The van der Waals surface area contributed by atoms with E-state index in [-0.39, 0.29) is 18.1 Å². The van der Waals surface area contributed by atoms with E-state index < -0.39 is 0 Å². The lowest BCUT2D eigenvalue weighted by molar-refractivity contribution is 0.191. The number of methoxy groups -OCH3 is 1. The molecule has 2 N–H and O–H groups in total. The highest BCUT2D eigenvalue weighted by Gasteiger charge is 2.24. The van der Waals surface area contributed by atoms with Crippen molar-refractivity contribution < 1.29 is 14.4 Å². The summed E-state index contributed by atoms with van der Waals surface area (Å²) < 4.78 is 10.1. The first-order valence-electron chi connectivity index (χ1n) is 6.62. The Morgan fingerprint density at radius 2 is 2.16 bits per heavy atom. The van der Waals surface area contributed by atoms with Crippen LogP contribution in [-0.2, 0) is 17.7 Å². The third kappa shape index (κ3) is 5.67. The Morgan fingerprint density at radius 1 is 1.42 bits per heavy atom. The molecule has 6 nitrogen and oxygen atoms in total. The van der Waals surface area contributed by atoms with Gasteiger partial charge >= 0.3 is 0 Å². The molecule has 0 radical (unpaired) electrons. The summed E-state index contributed by atoms with van der Waals surface area (Å²) in [5.74, 6) is 1.23. The molecule has 1 heterocycles. The lowest BCUT2D eigenvalue weighted by atomic mass is 9.85. The van der Waals surface area contributed by atoms with Crippen LogP contribution in [-0.4, -0.2) is 41.6 Å². The zero-order valence-electron chi connectivity index (χ0n) is 12.3. The fraction of sp³-hybridized carbons (Fsp3) is 0.846. The molecule has 1 aromatic rings. The number of rotatable bonds is 8.